The molecule has 2 aromatic carbocycles. The highest BCUT2D eigenvalue weighted by Gasteiger charge is 2.27. The van der Waals surface area contributed by atoms with Crippen LogP contribution >= 0.6 is 0 Å². The van der Waals surface area contributed by atoms with Crippen molar-refractivity contribution in [3.8, 4) is 0 Å². The standard InChI is InChI=1S/C21H27N3O2/c1-5-24(19-9-7-6-8-10-19)21(26)16(2)23(4)15-17-11-13-18(14-12-17)20(25)22-3/h6-14,16H,5,15H2,1-4H3,(H,22,25)/p+1/t16-/m0/s1. The highest BCUT2D eigenvalue weighted by atomic mass is 16.2. The number of nitrogens with one attached hydrogen (secondary N) is 2. The number of carbonyl (C=O) groups is 2. The number of quaternary nitrogens is 1. The maximum absolute atomic E-state index is 12.9. The van der Waals surface area contributed by atoms with Crippen LogP contribution in [0.2, 0.25) is 0 Å². The van der Waals surface area contributed by atoms with Gasteiger partial charge in [0.25, 0.3) is 11.8 Å². The fourth-order valence-electron chi connectivity index (χ4n) is 2.91. The molecule has 0 heterocycles. The Kier molecular flexibility index (Phi) is 6.92. The molecule has 0 fully saturated rings. The number of carbonyl (C=O) groups excluding carboxylic acids is 2. The van der Waals surface area contributed by atoms with Gasteiger partial charge < -0.3 is 15.1 Å². The van der Waals surface area contributed by atoms with Gasteiger partial charge in [0, 0.05) is 30.4 Å². The van der Waals surface area contributed by atoms with Gasteiger partial charge in [-0.15, -0.1) is 0 Å². The smallest absolute Gasteiger partial charge is 0.284 e. The number of hydrogen-bond donors (Lipinski definition) is 2. The number of anilines is 1. The van der Waals surface area contributed by atoms with Crippen molar-refractivity contribution < 1.29 is 14.5 Å². The first-order valence-electron chi connectivity index (χ1n) is 8.97. The van der Waals surface area contributed by atoms with Gasteiger partial charge in [-0.2, -0.15) is 0 Å². The van der Waals surface area contributed by atoms with Crippen LogP contribution in [-0.4, -0.2) is 38.5 Å². The molecule has 2 N–H and O–H groups in total. The molecule has 0 aliphatic heterocycles. The van der Waals surface area contributed by atoms with E-state index in [1.165, 1.54) is 0 Å². The van der Waals surface area contributed by atoms with Crippen LogP contribution in [0.15, 0.2) is 54.6 Å². The highest BCUT2D eigenvalue weighted by molar-refractivity contribution is 5.96. The van der Waals surface area contributed by atoms with Gasteiger partial charge in [0.15, 0.2) is 6.04 Å². The van der Waals surface area contributed by atoms with Crippen LogP contribution in [0.5, 0.6) is 0 Å². The van der Waals surface area contributed by atoms with E-state index in [0.29, 0.717) is 18.7 Å². The summed E-state index contributed by atoms with van der Waals surface area (Å²) in [6, 6.07) is 17.1. The van der Waals surface area contributed by atoms with Gasteiger partial charge in [-0.1, -0.05) is 30.3 Å². The average molecular weight is 354 g/mol. The molecule has 26 heavy (non-hydrogen) atoms. The summed E-state index contributed by atoms with van der Waals surface area (Å²) < 4.78 is 0. The first kappa shape index (κ1) is 19.7. The lowest BCUT2D eigenvalue weighted by Crippen LogP contribution is -3.12. The van der Waals surface area contributed by atoms with Gasteiger partial charge in [0.1, 0.15) is 6.54 Å². The van der Waals surface area contributed by atoms with E-state index in [9.17, 15) is 9.59 Å². The number of nitrogens with zero attached hydrogens (tertiary/aromatic N) is 1. The SMILES string of the molecule is CCN(C(=O)[C@H](C)[NH+](C)Cc1ccc(C(=O)NC)cc1)c1ccccc1. The minimum Gasteiger partial charge on any atom is -0.355 e. The number of benzene rings is 2. The maximum atomic E-state index is 12.9. The van der Waals surface area contributed by atoms with Gasteiger partial charge in [0.05, 0.1) is 7.05 Å². The lowest BCUT2D eigenvalue weighted by atomic mass is 10.1. The number of para-hydroxylation sites is 1. The molecule has 5 nitrogen and oxygen atoms in total. The molecule has 5 heteroatoms. The minimum atomic E-state index is -0.172. The Balaban J connectivity index is 2.05. The Morgan fingerprint density at radius 1 is 1.08 bits per heavy atom. The molecule has 0 aromatic heterocycles. The molecule has 0 radical (unpaired) electrons. The van der Waals surface area contributed by atoms with E-state index in [1.54, 1.807) is 7.05 Å². The van der Waals surface area contributed by atoms with Crippen molar-refractivity contribution >= 4 is 17.5 Å². The molecule has 0 saturated heterocycles. The van der Waals surface area contributed by atoms with E-state index in [4.69, 9.17) is 0 Å². The zero-order valence-corrected chi connectivity index (χ0v) is 16.0. The minimum absolute atomic E-state index is 0.0951. The lowest BCUT2D eigenvalue weighted by molar-refractivity contribution is -0.908. The van der Waals surface area contributed by atoms with E-state index >= 15 is 0 Å². The summed E-state index contributed by atoms with van der Waals surface area (Å²) in [6.07, 6.45) is 0. The molecule has 0 aliphatic rings. The second kappa shape index (κ2) is 9.15. The summed E-state index contributed by atoms with van der Waals surface area (Å²) in [7, 11) is 3.64. The summed E-state index contributed by atoms with van der Waals surface area (Å²) in [6.45, 7) is 5.31. The maximum Gasteiger partial charge on any atom is 0.284 e. The van der Waals surface area contributed by atoms with Crippen LogP contribution in [0.1, 0.15) is 29.8 Å². The third-order valence-electron chi connectivity index (χ3n) is 4.69. The Morgan fingerprint density at radius 2 is 1.69 bits per heavy atom. The molecule has 2 rings (SSSR count). The molecule has 2 aromatic rings. The number of rotatable bonds is 7. The van der Waals surface area contributed by atoms with Gasteiger partial charge in [-0.05, 0) is 38.1 Å². The van der Waals surface area contributed by atoms with Crippen LogP contribution < -0.4 is 15.1 Å². The first-order chi connectivity index (χ1) is 12.5. The zero-order valence-electron chi connectivity index (χ0n) is 16.0. The number of likely N-dealkylation sites (N-methyl/N-ethyl adjacent to an activating group) is 2. The molecule has 138 valence electrons. The summed E-state index contributed by atoms with van der Waals surface area (Å²) >= 11 is 0. The summed E-state index contributed by atoms with van der Waals surface area (Å²) in [5.74, 6) is 0.0143. The van der Waals surface area contributed by atoms with Gasteiger partial charge in [-0.3, -0.25) is 9.59 Å². The third kappa shape index (κ3) is 4.70. The van der Waals surface area contributed by atoms with E-state index < -0.39 is 0 Å². The monoisotopic (exact) mass is 354 g/mol. The van der Waals surface area contributed by atoms with E-state index in [0.717, 1.165) is 16.2 Å². The number of amides is 2. The van der Waals surface area contributed by atoms with Crippen LogP contribution in [0.4, 0.5) is 5.69 Å². The lowest BCUT2D eigenvalue weighted by Gasteiger charge is -2.27. The van der Waals surface area contributed by atoms with Crippen LogP contribution in [0.25, 0.3) is 0 Å². The topological polar surface area (TPSA) is 53.9 Å². The normalized spacial score (nSPS) is 12.9. The molecule has 0 saturated carbocycles. The molecular formula is C21H28N3O2+. The predicted molar refractivity (Wildman–Crippen MR) is 104 cm³/mol. The number of hydrogen-bond acceptors (Lipinski definition) is 2. The molecule has 0 bridgehead atoms. The average Bonchev–Trinajstić information content (AvgIpc) is 2.68. The Hall–Kier alpha value is -2.66. The van der Waals surface area contributed by atoms with Crippen molar-refractivity contribution in [2.24, 2.45) is 0 Å². The van der Waals surface area contributed by atoms with E-state index in [-0.39, 0.29) is 17.9 Å². The Labute approximate surface area is 155 Å². The van der Waals surface area contributed by atoms with Crippen molar-refractivity contribution in [1.29, 1.82) is 0 Å². The van der Waals surface area contributed by atoms with Crippen LogP contribution in [-0.2, 0) is 11.3 Å². The molecule has 2 atom stereocenters. The second-order valence-electron chi connectivity index (χ2n) is 6.44. The zero-order chi connectivity index (χ0) is 19.1. The quantitative estimate of drug-likeness (QED) is 0.792. The molecular weight excluding hydrogens is 326 g/mol. The van der Waals surface area contributed by atoms with Crippen molar-refractivity contribution in [3.05, 3.63) is 65.7 Å². The third-order valence-corrected chi connectivity index (χ3v) is 4.69. The fraction of sp³-hybridized carbons (Fsp3) is 0.333. The second-order valence-corrected chi connectivity index (χ2v) is 6.44. The first-order valence-corrected chi connectivity index (χ1v) is 8.97. The summed E-state index contributed by atoms with van der Waals surface area (Å²) in [5.41, 5.74) is 2.66. The summed E-state index contributed by atoms with van der Waals surface area (Å²) in [5, 5.41) is 2.61. The molecule has 0 aliphatic carbocycles. The molecule has 1 unspecified atom stereocenters. The van der Waals surface area contributed by atoms with Gasteiger partial charge in [-0.25, -0.2) is 0 Å². The predicted octanol–water partition coefficient (Wildman–Crippen LogP) is 1.50. The molecule has 2 amide bonds. The highest BCUT2D eigenvalue weighted by Crippen LogP contribution is 2.13. The van der Waals surface area contributed by atoms with Gasteiger partial charge >= 0.3 is 0 Å². The largest absolute Gasteiger partial charge is 0.355 e. The van der Waals surface area contributed by atoms with E-state index in [1.807, 2.05) is 80.4 Å². The van der Waals surface area contributed by atoms with Crippen molar-refractivity contribution in [3.63, 3.8) is 0 Å². The fourth-order valence-corrected chi connectivity index (χ4v) is 2.91. The molecule has 0 spiro atoms. The van der Waals surface area contributed by atoms with Crippen LogP contribution in [0.3, 0.4) is 0 Å². The van der Waals surface area contributed by atoms with Crippen LogP contribution in [0, 0.1) is 0 Å². The summed E-state index contributed by atoms with van der Waals surface area (Å²) in [4.78, 5) is 27.5. The van der Waals surface area contributed by atoms with E-state index in [2.05, 4.69) is 5.32 Å². The Bertz CT molecular complexity index is 729. The van der Waals surface area contributed by atoms with Gasteiger partial charge in [0.2, 0.25) is 0 Å². The van der Waals surface area contributed by atoms with Crippen molar-refractivity contribution in [2.45, 2.75) is 26.4 Å². The van der Waals surface area contributed by atoms with Crippen molar-refractivity contribution in [1.82, 2.24) is 5.32 Å². The Morgan fingerprint density at radius 3 is 2.23 bits per heavy atom. The van der Waals surface area contributed by atoms with Crippen molar-refractivity contribution in [2.75, 3.05) is 25.5 Å².